The molecule has 0 spiro atoms. The molecule has 0 radical (unpaired) electrons. The van der Waals surface area contributed by atoms with Crippen LogP contribution in [0, 0.1) is 0 Å². The Morgan fingerprint density at radius 3 is 2.80 bits per heavy atom. The Morgan fingerprint density at radius 2 is 2.15 bits per heavy atom. The summed E-state index contributed by atoms with van der Waals surface area (Å²) < 4.78 is 5.61. The Hall–Kier alpha value is -0.770. The minimum Gasteiger partial charge on any atom is -0.377 e. The first-order valence-corrected chi connectivity index (χ1v) is 7.66. The third-order valence-corrected chi connectivity index (χ3v) is 4.07. The number of nitrogens with zero attached hydrogens (tertiary/aromatic N) is 1. The number of hydrogen-bond acceptors (Lipinski definition) is 3. The zero-order valence-corrected chi connectivity index (χ0v) is 13.6. The fourth-order valence-corrected chi connectivity index (χ4v) is 2.82. The maximum Gasteiger partial charge on any atom is 0.0694 e. The van der Waals surface area contributed by atoms with E-state index in [9.17, 15) is 0 Å². The molecule has 1 aliphatic heterocycles. The predicted octanol–water partition coefficient (Wildman–Crippen LogP) is 3.45. The Labute approximate surface area is 127 Å². The molecule has 0 aromatic heterocycles. The quantitative estimate of drug-likeness (QED) is 0.921. The number of benzene rings is 1. The molecule has 1 aromatic rings. The van der Waals surface area contributed by atoms with Crippen molar-refractivity contribution in [2.45, 2.75) is 45.8 Å². The number of nitrogens with one attached hydrogen (secondary N) is 1. The number of hydrogen-bond donors (Lipinski definition) is 1. The summed E-state index contributed by atoms with van der Waals surface area (Å²) in [5.41, 5.74) is 2.40. The molecule has 4 heteroatoms. The van der Waals surface area contributed by atoms with Crippen LogP contribution in [0.25, 0.3) is 0 Å². The van der Waals surface area contributed by atoms with Crippen LogP contribution in [0.3, 0.4) is 0 Å². The minimum absolute atomic E-state index is 0.00445. The smallest absolute Gasteiger partial charge is 0.0694 e. The fourth-order valence-electron chi connectivity index (χ4n) is 2.59. The highest BCUT2D eigenvalue weighted by Gasteiger charge is 2.32. The highest BCUT2D eigenvalue weighted by atomic mass is 35.5. The molecule has 2 rings (SSSR count). The van der Waals surface area contributed by atoms with Crippen molar-refractivity contribution in [2.24, 2.45) is 0 Å². The van der Waals surface area contributed by atoms with Crippen LogP contribution in [0.4, 0.5) is 5.69 Å². The molecule has 0 amide bonds. The van der Waals surface area contributed by atoms with Crippen LogP contribution in [0.5, 0.6) is 0 Å². The highest BCUT2D eigenvalue weighted by Crippen LogP contribution is 2.33. The van der Waals surface area contributed by atoms with E-state index in [1.54, 1.807) is 0 Å². The number of morpholine rings is 1. The molecular formula is C16H25ClN2O. The maximum atomic E-state index is 6.43. The number of halogens is 1. The largest absolute Gasteiger partial charge is 0.377 e. The molecule has 3 nitrogen and oxygen atoms in total. The van der Waals surface area contributed by atoms with Gasteiger partial charge in [-0.3, -0.25) is 0 Å². The topological polar surface area (TPSA) is 24.5 Å². The van der Waals surface area contributed by atoms with Crippen molar-refractivity contribution in [1.82, 2.24) is 5.32 Å². The van der Waals surface area contributed by atoms with Gasteiger partial charge in [-0.1, -0.05) is 31.5 Å². The van der Waals surface area contributed by atoms with Crippen LogP contribution >= 0.6 is 11.6 Å². The molecule has 1 heterocycles. The molecule has 1 aromatic carbocycles. The molecule has 1 saturated heterocycles. The summed E-state index contributed by atoms with van der Waals surface area (Å²) >= 11 is 6.43. The lowest BCUT2D eigenvalue weighted by Gasteiger charge is -2.44. The summed E-state index contributed by atoms with van der Waals surface area (Å²) in [6.07, 6.45) is 0. The third kappa shape index (κ3) is 3.46. The first-order valence-electron chi connectivity index (χ1n) is 7.28. The van der Waals surface area contributed by atoms with Crippen LogP contribution in [-0.2, 0) is 11.3 Å². The summed E-state index contributed by atoms with van der Waals surface area (Å²) in [4.78, 5) is 2.42. The van der Waals surface area contributed by atoms with Gasteiger partial charge < -0.3 is 15.0 Å². The van der Waals surface area contributed by atoms with Gasteiger partial charge in [0, 0.05) is 35.4 Å². The summed E-state index contributed by atoms with van der Waals surface area (Å²) in [5, 5.41) is 4.30. The van der Waals surface area contributed by atoms with Gasteiger partial charge >= 0.3 is 0 Å². The van der Waals surface area contributed by atoms with E-state index in [1.165, 1.54) is 11.3 Å². The normalized spacial score (nSPS) is 18.6. The number of anilines is 1. The monoisotopic (exact) mass is 296 g/mol. The van der Waals surface area contributed by atoms with Gasteiger partial charge in [-0.25, -0.2) is 0 Å². The van der Waals surface area contributed by atoms with Gasteiger partial charge in [-0.05, 0) is 26.0 Å². The zero-order valence-electron chi connectivity index (χ0n) is 12.9. The number of rotatable bonds is 4. The van der Waals surface area contributed by atoms with Crippen molar-refractivity contribution in [3.05, 3.63) is 28.8 Å². The van der Waals surface area contributed by atoms with Gasteiger partial charge in [0.15, 0.2) is 0 Å². The average Bonchev–Trinajstić information content (AvgIpc) is 2.36. The fraction of sp³-hybridized carbons (Fsp3) is 0.625. The van der Waals surface area contributed by atoms with E-state index in [2.05, 4.69) is 44.0 Å². The zero-order chi connectivity index (χ0) is 14.8. The van der Waals surface area contributed by atoms with Gasteiger partial charge in [-0.2, -0.15) is 0 Å². The summed E-state index contributed by atoms with van der Waals surface area (Å²) in [5.74, 6) is 0. The average molecular weight is 297 g/mol. The van der Waals surface area contributed by atoms with Gasteiger partial charge in [0.2, 0.25) is 0 Å². The van der Waals surface area contributed by atoms with Gasteiger partial charge in [0.1, 0.15) is 0 Å². The van der Waals surface area contributed by atoms with Crippen LogP contribution in [0.1, 0.15) is 33.3 Å². The molecule has 20 heavy (non-hydrogen) atoms. The van der Waals surface area contributed by atoms with Crippen LogP contribution in [0.2, 0.25) is 5.02 Å². The molecule has 1 N–H and O–H groups in total. The predicted molar refractivity (Wildman–Crippen MR) is 85.7 cm³/mol. The SMILES string of the molecule is CC(C)NCc1c(Cl)cccc1N1CCOCC1(C)C. The number of ether oxygens (including phenoxy) is 1. The van der Waals surface area contributed by atoms with E-state index in [0.717, 1.165) is 31.3 Å². The first-order chi connectivity index (χ1) is 9.42. The lowest BCUT2D eigenvalue weighted by molar-refractivity contribution is 0.0643. The van der Waals surface area contributed by atoms with E-state index < -0.39 is 0 Å². The molecular weight excluding hydrogens is 272 g/mol. The Balaban J connectivity index is 2.32. The second-order valence-electron chi connectivity index (χ2n) is 6.29. The summed E-state index contributed by atoms with van der Waals surface area (Å²) in [6, 6.07) is 6.60. The van der Waals surface area contributed by atoms with Crippen molar-refractivity contribution in [2.75, 3.05) is 24.7 Å². The van der Waals surface area contributed by atoms with Crippen molar-refractivity contribution >= 4 is 17.3 Å². The van der Waals surface area contributed by atoms with Crippen molar-refractivity contribution in [1.29, 1.82) is 0 Å². The van der Waals surface area contributed by atoms with E-state index in [-0.39, 0.29) is 5.54 Å². The standard InChI is InChI=1S/C16H25ClN2O/c1-12(2)18-10-13-14(17)6-5-7-15(13)19-8-9-20-11-16(19,3)4/h5-7,12,18H,8-11H2,1-4H3. The van der Waals surface area contributed by atoms with E-state index >= 15 is 0 Å². The molecule has 0 unspecified atom stereocenters. The maximum absolute atomic E-state index is 6.43. The molecule has 112 valence electrons. The van der Waals surface area contributed by atoms with Crippen LogP contribution < -0.4 is 10.2 Å². The van der Waals surface area contributed by atoms with E-state index in [1.807, 2.05) is 12.1 Å². The lowest BCUT2D eigenvalue weighted by Crippen LogP contribution is -2.53. The molecule has 1 fully saturated rings. The molecule has 0 saturated carbocycles. The van der Waals surface area contributed by atoms with E-state index in [4.69, 9.17) is 16.3 Å². The lowest BCUT2D eigenvalue weighted by atomic mass is 9.99. The summed E-state index contributed by atoms with van der Waals surface area (Å²) in [6.45, 7) is 11.9. The van der Waals surface area contributed by atoms with Crippen LogP contribution in [-0.4, -0.2) is 31.3 Å². The molecule has 0 atom stereocenters. The van der Waals surface area contributed by atoms with Crippen molar-refractivity contribution in [3.63, 3.8) is 0 Å². The third-order valence-electron chi connectivity index (χ3n) is 3.72. The van der Waals surface area contributed by atoms with Crippen LogP contribution in [0.15, 0.2) is 18.2 Å². The Morgan fingerprint density at radius 1 is 1.40 bits per heavy atom. The first kappa shape index (κ1) is 15.6. The van der Waals surface area contributed by atoms with Crippen molar-refractivity contribution < 1.29 is 4.74 Å². The minimum atomic E-state index is -0.00445. The Bertz CT molecular complexity index is 460. The molecule has 0 bridgehead atoms. The van der Waals surface area contributed by atoms with Gasteiger partial charge in [0.25, 0.3) is 0 Å². The van der Waals surface area contributed by atoms with Gasteiger partial charge in [0.05, 0.1) is 18.8 Å². The second-order valence-corrected chi connectivity index (χ2v) is 6.70. The van der Waals surface area contributed by atoms with Gasteiger partial charge in [-0.15, -0.1) is 0 Å². The Kier molecular flexibility index (Phi) is 4.95. The second kappa shape index (κ2) is 6.33. The van der Waals surface area contributed by atoms with E-state index in [0.29, 0.717) is 6.04 Å². The molecule has 1 aliphatic rings. The highest BCUT2D eigenvalue weighted by molar-refractivity contribution is 6.31. The summed E-state index contributed by atoms with van der Waals surface area (Å²) in [7, 11) is 0. The van der Waals surface area contributed by atoms with Crippen molar-refractivity contribution in [3.8, 4) is 0 Å². The molecule has 0 aliphatic carbocycles.